The maximum absolute atomic E-state index is 12.0. The van der Waals surface area contributed by atoms with Gasteiger partial charge >= 0.3 is 0 Å². The van der Waals surface area contributed by atoms with Crippen LogP contribution in [-0.2, 0) is 0 Å². The molecule has 3 aromatic rings. The topological polar surface area (TPSA) is 40.5 Å². The summed E-state index contributed by atoms with van der Waals surface area (Å²) in [4.78, 5) is 12.0. The van der Waals surface area contributed by atoms with Gasteiger partial charge in [0.1, 0.15) is 11.5 Å². The minimum absolute atomic E-state index is 0.0246. The molecular weight excluding hydrogens is 290 g/mol. The molecule has 0 unspecified atom stereocenters. The van der Waals surface area contributed by atoms with Gasteiger partial charge in [0.25, 0.3) is 0 Å². The molecule has 2 aromatic carbocycles. The molecule has 4 nitrogen and oxygen atoms in total. The summed E-state index contributed by atoms with van der Waals surface area (Å²) in [5, 5.41) is 1.02. The summed E-state index contributed by atoms with van der Waals surface area (Å²) in [6.45, 7) is 4.10. The molecule has 0 N–H and O–H groups in total. The molecule has 1 heterocycles. The monoisotopic (exact) mass is 309 g/mol. The molecule has 0 atom stereocenters. The lowest BCUT2D eigenvalue weighted by Crippen LogP contribution is -2.03. The second kappa shape index (κ2) is 6.16. The van der Waals surface area contributed by atoms with Crippen molar-refractivity contribution in [3.05, 3.63) is 48.7 Å². The molecule has 0 fully saturated rings. The molecule has 23 heavy (non-hydrogen) atoms. The van der Waals surface area contributed by atoms with Crippen molar-refractivity contribution in [3.8, 4) is 22.6 Å². The highest BCUT2D eigenvalue weighted by Gasteiger charge is 2.13. The van der Waals surface area contributed by atoms with Crippen molar-refractivity contribution in [2.75, 3.05) is 13.7 Å². The van der Waals surface area contributed by atoms with Gasteiger partial charge in [0.05, 0.1) is 19.2 Å². The Morgan fingerprint density at radius 3 is 2.39 bits per heavy atom. The van der Waals surface area contributed by atoms with Crippen LogP contribution in [0.3, 0.4) is 0 Å². The van der Waals surface area contributed by atoms with Gasteiger partial charge in [0.15, 0.2) is 0 Å². The SMILES string of the molecule is CCOc1ccc2c(-c3ccc(OC)cc3)cn(C(C)=O)c2c1. The zero-order valence-electron chi connectivity index (χ0n) is 13.5. The highest BCUT2D eigenvalue weighted by Crippen LogP contribution is 2.33. The molecule has 3 rings (SSSR count). The van der Waals surface area contributed by atoms with E-state index in [-0.39, 0.29) is 5.91 Å². The average Bonchev–Trinajstić information content (AvgIpc) is 2.94. The third-order valence-corrected chi connectivity index (χ3v) is 3.83. The number of fused-ring (bicyclic) bond motifs is 1. The lowest BCUT2D eigenvalue weighted by molar-refractivity contribution is 0.0942. The fourth-order valence-corrected chi connectivity index (χ4v) is 2.72. The van der Waals surface area contributed by atoms with E-state index in [1.54, 1.807) is 18.6 Å². The molecule has 0 saturated heterocycles. The number of aromatic nitrogens is 1. The summed E-state index contributed by atoms with van der Waals surface area (Å²) in [7, 11) is 1.64. The van der Waals surface area contributed by atoms with E-state index >= 15 is 0 Å². The number of ether oxygens (including phenoxy) is 2. The molecule has 0 saturated carbocycles. The van der Waals surface area contributed by atoms with Crippen molar-refractivity contribution in [3.63, 3.8) is 0 Å². The molecule has 0 aliphatic rings. The van der Waals surface area contributed by atoms with Crippen LogP contribution in [0.25, 0.3) is 22.0 Å². The van der Waals surface area contributed by atoms with Gasteiger partial charge in [-0.25, -0.2) is 0 Å². The van der Waals surface area contributed by atoms with Crippen LogP contribution in [0, 0.1) is 0 Å². The number of rotatable bonds is 4. The van der Waals surface area contributed by atoms with Gasteiger partial charge in [-0.2, -0.15) is 0 Å². The van der Waals surface area contributed by atoms with Crippen molar-refractivity contribution in [1.82, 2.24) is 4.57 Å². The Morgan fingerprint density at radius 1 is 1.09 bits per heavy atom. The number of hydrogen-bond donors (Lipinski definition) is 0. The van der Waals surface area contributed by atoms with E-state index in [1.807, 2.05) is 55.6 Å². The first-order valence-electron chi connectivity index (χ1n) is 7.57. The third kappa shape index (κ3) is 2.80. The summed E-state index contributed by atoms with van der Waals surface area (Å²) >= 11 is 0. The van der Waals surface area contributed by atoms with E-state index in [1.165, 1.54) is 0 Å². The second-order valence-electron chi connectivity index (χ2n) is 5.27. The highest BCUT2D eigenvalue weighted by molar-refractivity contribution is 6.02. The molecule has 0 spiro atoms. The van der Waals surface area contributed by atoms with Crippen LogP contribution in [0.1, 0.15) is 18.6 Å². The normalized spacial score (nSPS) is 10.7. The Morgan fingerprint density at radius 2 is 1.78 bits per heavy atom. The Labute approximate surface area is 135 Å². The molecule has 0 aliphatic carbocycles. The molecule has 0 aliphatic heterocycles. The fourth-order valence-electron chi connectivity index (χ4n) is 2.72. The zero-order chi connectivity index (χ0) is 16.4. The van der Waals surface area contributed by atoms with E-state index < -0.39 is 0 Å². The van der Waals surface area contributed by atoms with Gasteiger partial charge in [-0.1, -0.05) is 12.1 Å². The summed E-state index contributed by atoms with van der Waals surface area (Å²) in [6, 6.07) is 13.7. The number of carbonyl (C=O) groups excluding carboxylic acids is 1. The van der Waals surface area contributed by atoms with Gasteiger partial charge in [-0.3, -0.25) is 9.36 Å². The van der Waals surface area contributed by atoms with Crippen molar-refractivity contribution < 1.29 is 14.3 Å². The van der Waals surface area contributed by atoms with E-state index in [2.05, 4.69) is 0 Å². The predicted molar refractivity (Wildman–Crippen MR) is 91.4 cm³/mol. The Hall–Kier alpha value is -2.75. The van der Waals surface area contributed by atoms with Gasteiger partial charge in [0.2, 0.25) is 5.91 Å². The first-order valence-corrected chi connectivity index (χ1v) is 7.57. The minimum atomic E-state index is -0.0246. The van der Waals surface area contributed by atoms with Crippen molar-refractivity contribution in [1.29, 1.82) is 0 Å². The van der Waals surface area contributed by atoms with Crippen LogP contribution in [0.5, 0.6) is 11.5 Å². The van der Waals surface area contributed by atoms with Crippen LogP contribution in [0.15, 0.2) is 48.7 Å². The van der Waals surface area contributed by atoms with Crippen LogP contribution in [0.4, 0.5) is 0 Å². The average molecular weight is 309 g/mol. The third-order valence-electron chi connectivity index (χ3n) is 3.83. The summed E-state index contributed by atoms with van der Waals surface area (Å²) in [5.41, 5.74) is 2.91. The van der Waals surface area contributed by atoms with E-state index in [0.29, 0.717) is 6.61 Å². The molecule has 0 bridgehead atoms. The van der Waals surface area contributed by atoms with Crippen LogP contribution in [0.2, 0.25) is 0 Å². The first-order chi connectivity index (χ1) is 11.1. The minimum Gasteiger partial charge on any atom is -0.497 e. The van der Waals surface area contributed by atoms with E-state index in [0.717, 1.165) is 33.5 Å². The molecule has 118 valence electrons. The van der Waals surface area contributed by atoms with Crippen LogP contribution < -0.4 is 9.47 Å². The number of hydrogen-bond acceptors (Lipinski definition) is 3. The molecule has 0 amide bonds. The summed E-state index contributed by atoms with van der Waals surface area (Å²) < 4.78 is 12.4. The largest absolute Gasteiger partial charge is 0.497 e. The van der Waals surface area contributed by atoms with Crippen LogP contribution >= 0.6 is 0 Å². The van der Waals surface area contributed by atoms with Gasteiger partial charge in [0, 0.05) is 30.1 Å². The number of nitrogens with zero attached hydrogens (tertiary/aromatic N) is 1. The van der Waals surface area contributed by atoms with Gasteiger partial charge < -0.3 is 9.47 Å². The van der Waals surface area contributed by atoms with Crippen molar-refractivity contribution >= 4 is 16.8 Å². The quantitative estimate of drug-likeness (QED) is 0.718. The van der Waals surface area contributed by atoms with Gasteiger partial charge in [-0.05, 0) is 36.8 Å². The highest BCUT2D eigenvalue weighted by atomic mass is 16.5. The molecule has 4 heteroatoms. The smallest absolute Gasteiger partial charge is 0.227 e. The van der Waals surface area contributed by atoms with Crippen molar-refractivity contribution in [2.24, 2.45) is 0 Å². The standard InChI is InChI=1S/C19H19NO3/c1-4-23-16-9-10-17-18(12-20(13(2)21)19(17)11-16)14-5-7-15(22-3)8-6-14/h5-12H,4H2,1-3H3. The Kier molecular flexibility index (Phi) is 4.06. The summed E-state index contributed by atoms with van der Waals surface area (Å²) in [5.74, 6) is 1.55. The number of benzene rings is 2. The maximum Gasteiger partial charge on any atom is 0.227 e. The van der Waals surface area contributed by atoms with Crippen LogP contribution in [-0.4, -0.2) is 24.2 Å². The van der Waals surface area contributed by atoms with E-state index in [9.17, 15) is 4.79 Å². The molecular formula is C19H19NO3. The lowest BCUT2D eigenvalue weighted by atomic mass is 10.0. The Balaban J connectivity index is 2.18. The van der Waals surface area contributed by atoms with E-state index in [4.69, 9.17) is 9.47 Å². The maximum atomic E-state index is 12.0. The molecule has 0 radical (unpaired) electrons. The van der Waals surface area contributed by atoms with Crippen molar-refractivity contribution in [2.45, 2.75) is 13.8 Å². The lowest BCUT2D eigenvalue weighted by Gasteiger charge is -2.05. The fraction of sp³-hybridized carbons (Fsp3) is 0.211. The van der Waals surface area contributed by atoms with Gasteiger partial charge in [-0.15, -0.1) is 0 Å². The Bertz CT molecular complexity index is 847. The number of carbonyl (C=O) groups is 1. The number of methoxy groups -OCH3 is 1. The zero-order valence-corrected chi connectivity index (χ0v) is 13.5. The second-order valence-corrected chi connectivity index (χ2v) is 5.27. The molecule has 1 aromatic heterocycles. The summed E-state index contributed by atoms with van der Waals surface area (Å²) in [6.07, 6.45) is 1.88. The predicted octanol–water partition coefficient (Wildman–Crippen LogP) is 4.38. The first kappa shape index (κ1) is 15.2.